The van der Waals surface area contributed by atoms with Gasteiger partial charge in [-0.25, -0.2) is 19.9 Å². The molecule has 0 saturated heterocycles. The molecule has 0 saturated carbocycles. The normalized spacial score (nSPS) is 11.4. The number of benzene rings is 10. The van der Waals surface area contributed by atoms with Crippen LogP contribution < -0.4 is 0 Å². The monoisotopic (exact) mass is 814 g/mol. The Hall–Kier alpha value is -8.60. The van der Waals surface area contributed by atoms with Crippen molar-refractivity contribution < 1.29 is 0 Å². The summed E-state index contributed by atoms with van der Waals surface area (Å²) in [6.45, 7) is 0. The number of rotatable bonds is 7. The number of nitrogens with zero attached hydrogens (tertiary/aromatic N) is 4. The van der Waals surface area contributed by atoms with Gasteiger partial charge >= 0.3 is 0 Å². The minimum atomic E-state index is 0.628. The number of aromatic nitrogens is 4. The van der Waals surface area contributed by atoms with Crippen LogP contribution in [0.25, 0.3) is 122 Å². The molecule has 64 heavy (non-hydrogen) atoms. The zero-order chi connectivity index (χ0) is 42.4. The van der Waals surface area contributed by atoms with Crippen molar-refractivity contribution in [1.82, 2.24) is 19.9 Å². The third-order valence-electron chi connectivity index (χ3n) is 12.3. The minimum Gasteiger partial charge on any atom is -0.248 e. The maximum atomic E-state index is 5.28. The summed E-state index contributed by atoms with van der Waals surface area (Å²) in [4.78, 5) is 20.5. The predicted molar refractivity (Wildman–Crippen MR) is 266 cm³/mol. The van der Waals surface area contributed by atoms with E-state index in [0.29, 0.717) is 17.5 Å². The van der Waals surface area contributed by atoms with E-state index in [4.69, 9.17) is 19.9 Å². The van der Waals surface area contributed by atoms with Crippen molar-refractivity contribution in [2.45, 2.75) is 0 Å². The zero-order valence-electron chi connectivity index (χ0n) is 34.7. The molecule has 0 amide bonds. The Labute approximate surface area is 370 Å². The van der Waals surface area contributed by atoms with Gasteiger partial charge in [0.25, 0.3) is 0 Å². The molecule has 4 heteroatoms. The van der Waals surface area contributed by atoms with E-state index >= 15 is 0 Å². The average molecular weight is 815 g/mol. The van der Waals surface area contributed by atoms with E-state index in [0.717, 1.165) is 72.2 Å². The summed E-state index contributed by atoms with van der Waals surface area (Å²) in [5.41, 5.74) is 11.3. The van der Waals surface area contributed by atoms with Crippen LogP contribution in [0.5, 0.6) is 0 Å². The lowest BCUT2D eigenvalue weighted by Crippen LogP contribution is -2.00. The van der Waals surface area contributed by atoms with E-state index in [1.807, 2.05) is 0 Å². The van der Waals surface area contributed by atoms with Crippen LogP contribution in [0, 0.1) is 0 Å². The minimum absolute atomic E-state index is 0.628. The standard InChI is InChI=1S/C60H38N4/c1-5-13-47-33-51(29-21-39(47)9-1)55-37-56(61-57(38-55)52-30-22-40-10-2-6-14-48(40)34-52)45-25-17-43(18-26-45)44-19-27-46(28-20-44)58-62-59(53-31-23-41-11-3-7-15-49(41)35-53)64-60(63-58)54-32-24-42-12-4-8-16-50(42)36-54/h1-38H. The fourth-order valence-electron chi connectivity index (χ4n) is 8.78. The zero-order valence-corrected chi connectivity index (χ0v) is 34.7. The molecule has 0 aliphatic rings. The highest BCUT2D eigenvalue weighted by Crippen LogP contribution is 2.35. The average Bonchev–Trinajstić information content (AvgIpc) is 3.38. The molecule has 0 atom stereocenters. The van der Waals surface area contributed by atoms with Gasteiger partial charge in [-0.2, -0.15) is 0 Å². The van der Waals surface area contributed by atoms with Crippen molar-refractivity contribution in [3.8, 4) is 78.9 Å². The van der Waals surface area contributed by atoms with E-state index in [1.165, 1.54) is 32.3 Å². The highest BCUT2D eigenvalue weighted by molar-refractivity contribution is 5.92. The lowest BCUT2D eigenvalue weighted by Gasteiger charge is -2.12. The van der Waals surface area contributed by atoms with Crippen LogP contribution in [0.3, 0.4) is 0 Å². The Balaban J connectivity index is 0.894. The second kappa shape index (κ2) is 15.7. The van der Waals surface area contributed by atoms with Gasteiger partial charge in [0.05, 0.1) is 11.4 Å². The molecule has 10 aromatic carbocycles. The number of fused-ring (bicyclic) bond motifs is 4. The first kappa shape index (κ1) is 37.2. The van der Waals surface area contributed by atoms with Crippen LogP contribution in [0.2, 0.25) is 0 Å². The molecule has 2 aromatic heterocycles. The molecule has 0 N–H and O–H groups in total. The molecule has 0 aliphatic heterocycles. The SMILES string of the molecule is c1ccc2cc(-c3cc(-c4ccc(-c5ccc(-c6nc(-c7ccc8ccccc8c7)nc(-c7ccc8ccccc8c7)n6)cc5)cc4)nc(-c4ccc5ccccc5c4)c3)ccc2c1. The number of hydrogen-bond acceptors (Lipinski definition) is 4. The van der Waals surface area contributed by atoms with Crippen molar-refractivity contribution in [2.75, 3.05) is 0 Å². The smallest absolute Gasteiger partial charge is 0.164 e. The molecule has 4 nitrogen and oxygen atoms in total. The molecule has 12 rings (SSSR count). The van der Waals surface area contributed by atoms with E-state index < -0.39 is 0 Å². The Bertz CT molecular complexity index is 3280. The summed E-state index contributed by atoms with van der Waals surface area (Å²) in [6, 6.07) is 81.5. The van der Waals surface area contributed by atoms with Gasteiger partial charge < -0.3 is 0 Å². The molecular weight excluding hydrogens is 777 g/mol. The number of hydrogen-bond donors (Lipinski definition) is 0. The van der Waals surface area contributed by atoms with Gasteiger partial charge in [0, 0.05) is 27.8 Å². The van der Waals surface area contributed by atoms with Crippen LogP contribution >= 0.6 is 0 Å². The summed E-state index contributed by atoms with van der Waals surface area (Å²) in [5, 5.41) is 9.49. The quantitative estimate of drug-likeness (QED) is 0.161. The second-order valence-electron chi connectivity index (χ2n) is 16.3. The topological polar surface area (TPSA) is 51.6 Å². The highest BCUT2D eigenvalue weighted by atomic mass is 15.0. The number of pyridine rings is 1. The molecule has 0 radical (unpaired) electrons. The van der Waals surface area contributed by atoms with Crippen molar-refractivity contribution >= 4 is 43.1 Å². The summed E-state index contributed by atoms with van der Waals surface area (Å²) in [7, 11) is 0. The highest BCUT2D eigenvalue weighted by Gasteiger charge is 2.15. The van der Waals surface area contributed by atoms with Crippen molar-refractivity contribution in [3.63, 3.8) is 0 Å². The van der Waals surface area contributed by atoms with E-state index in [2.05, 4.69) is 231 Å². The third-order valence-corrected chi connectivity index (χ3v) is 12.3. The van der Waals surface area contributed by atoms with Crippen molar-refractivity contribution in [3.05, 3.63) is 231 Å². The summed E-state index contributed by atoms with van der Waals surface area (Å²) in [5.74, 6) is 1.91. The van der Waals surface area contributed by atoms with Gasteiger partial charge in [-0.3, -0.25) is 0 Å². The first-order chi connectivity index (χ1) is 31.6. The van der Waals surface area contributed by atoms with Crippen LogP contribution in [0.1, 0.15) is 0 Å². The molecule has 0 unspecified atom stereocenters. The largest absolute Gasteiger partial charge is 0.248 e. The Morgan fingerprint density at radius 3 is 0.922 bits per heavy atom. The molecular formula is C60H38N4. The maximum absolute atomic E-state index is 5.28. The lowest BCUT2D eigenvalue weighted by molar-refractivity contribution is 1.08. The van der Waals surface area contributed by atoms with E-state index in [9.17, 15) is 0 Å². The van der Waals surface area contributed by atoms with Crippen LogP contribution in [0.4, 0.5) is 0 Å². The van der Waals surface area contributed by atoms with Crippen molar-refractivity contribution in [2.24, 2.45) is 0 Å². The van der Waals surface area contributed by atoms with Gasteiger partial charge in [-0.1, -0.05) is 194 Å². The van der Waals surface area contributed by atoms with Gasteiger partial charge in [0.15, 0.2) is 17.5 Å². The van der Waals surface area contributed by atoms with Gasteiger partial charge in [0.2, 0.25) is 0 Å². The van der Waals surface area contributed by atoms with Crippen LogP contribution in [0.15, 0.2) is 231 Å². The van der Waals surface area contributed by atoms with E-state index in [-0.39, 0.29) is 0 Å². The molecule has 298 valence electrons. The van der Waals surface area contributed by atoms with Gasteiger partial charge in [0.1, 0.15) is 0 Å². The Morgan fingerprint density at radius 1 is 0.172 bits per heavy atom. The molecule has 0 fully saturated rings. The second-order valence-corrected chi connectivity index (χ2v) is 16.3. The first-order valence-corrected chi connectivity index (χ1v) is 21.6. The molecule has 0 spiro atoms. The van der Waals surface area contributed by atoms with Crippen LogP contribution in [-0.2, 0) is 0 Å². The van der Waals surface area contributed by atoms with Crippen molar-refractivity contribution in [1.29, 1.82) is 0 Å². The Kier molecular flexibility index (Phi) is 9.12. The maximum Gasteiger partial charge on any atom is 0.164 e. The molecule has 0 aliphatic carbocycles. The summed E-state index contributed by atoms with van der Waals surface area (Å²) >= 11 is 0. The van der Waals surface area contributed by atoms with E-state index in [1.54, 1.807) is 0 Å². The summed E-state index contributed by atoms with van der Waals surface area (Å²) < 4.78 is 0. The fourth-order valence-corrected chi connectivity index (χ4v) is 8.78. The first-order valence-electron chi connectivity index (χ1n) is 21.6. The predicted octanol–water partition coefficient (Wildman–Crippen LogP) is 15.5. The Morgan fingerprint density at radius 2 is 0.469 bits per heavy atom. The summed E-state index contributed by atoms with van der Waals surface area (Å²) in [6.07, 6.45) is 0. The molecule has 12 aromatic rings. The fraction of sp³-hybridized carbons (Fsp3) is 0. The van der Waals surface area contributed by atoms with Gasteiger partial charge in [-0.05, 0) is 102 Å². The van der Waals surface area contributed by atoms with Gasteiger partial charge in [-0.15, -0.1) is 0 Å². The third kappa shape index (κ3) is 7.13. The van der Waals surface area contributed by atoms with Crippen LogP contribution in [-0.4, -0.2) is 19.9 Å². The molecule has 0 bridgehead atoms. The molecule has 2 heterocycles. The lowest BCUT2D eigenvalue weighted by atomic mass is 9.96.